The lowest BCUT2D eigenvalue weighted by molar-refractivity contribution is -0.126. The molecule has 5 heteroatoms. The van der Waals surface area contributed by atoms with Gasteiger partial charge in [-0.1, -0.05) is 30.3 Å². The fourth-order valence-corrected chi connectivity index (χ4v) is 1.90. The summed E-state index contributed by atoms with van der Waals surface area (Å²) in [4.78, 5) is 23.2. The Morgan fingerprint density at radius 3 is 2.60 bits per heavy atom. The normalized spacial score (nSPS) is 15.4. The number of carbonyl (C=O) groups is 2. The van der Waals surface area contributed by atoms with E-state index in [0.717, 1.165) is 24.8 Å². The third kappa shape index (κ3) is 5.01. The number of rotatable bonds is 7. The minimum atomic E-state index is -0.580. The minimum Gasteiger partial charge on any atom is -0.352 e. The molecule has 2 amide bonds. The maximum Gasteiger partial charge on any atom is 0.239 e. The first-order valence-corrected chi connectivity index (χ1v) is 7.02. The molecule has 0 heterocycles. The van der Waals surface area contributed by atoms with Gasteiger partial charge in [0.15, 0.2) is 0 Å². The number of nitrogens with two attached hydrogens (primary N) is 1. The number of nitrogens with one attached hydrogen (secondary N) is 2. The van der Waals surface area contributed by atoms with Gasteiger partial charge in [0.05, 0.1) is 12.6 Å². The standard InChI is InChI=1S/C15H21N3O2/c16-13(9-6-11-4-2-1-3-5-11)15(20)17-10-14(19)18-12-7-8-12/h1-5,12-13H,6-10,16H2,(H,17,20)(H,18,19)/t13-/m0/s1. The summed E-state index contributed by atoms with van der Waals surface area (Å²) < 4.78 is 0. The van der Waals surface area contributed by atoms with Crippen molar-refractivity contribution in [2.45, 2.75) is 37.8 Å². The third-order valence-electron chi connectivity index (χ3n) is 3.29. The number of hydrogen-bond acceptors (Lipinski definition) is 3. The highest BCUT2D eigenvalue weighted by molar-refractivity contribution is 5.87. The summed E-state index contributed by atoms with van der Waals surface area (Å²) in [6, 6.07) is 9.62. The highest BCUT2D eigenvalue weighted by atomic mass is 16.2. The third-order valence-corrected chi connectivity index (χ3v) is 3.29. The molecule has 1 saturated carbocycles. The Hall–Kier alpha value is -1.88. The van der Waals surface area contributed by atoms with Crippen LogP contribution in [0.1, 0.15) is 24.8 Å². The van der Waals surface area contributed by atoms with Crippen LogP contribution in [0.25, 0.3) is 0 Å². The molecule has 0 radical (unpaired) electrons. The van der Waals surface area contributed by atoms with E-state index in [9.17, 15) is 9.59 Å². The Morgan fingerprint density at radius 1 is 1.25 bits per heavy atom. The molecule has 0 unspecified atom stereocenters. The molecule has 2 rings (SSSR count). The number of aryl methyl sites for hydroxylation is 1. The van der Waals surface area contributed by atoms with E-state index in [1.165, 1.54) is 0 Å². The van der Waals surface area contributed by atoms with Gasteiger partial charge in [-0.15, -0.1) is 0 Å². The lowest BCUT2D eigenvalue weighted by Gasteiger charge is -2.12. The first-order chi connectivity index (χ1) is 9.65. The Labute approximate surface area is 118 Å². The van der Waals surface area contributed by atoms with Crippen LogP contribution in [-0.2, 0) is 16.0 Å². The molecule has 1 fully saturated rings. The predicted octanol–water partition coefficient (Wildman–Crippen LogP) is 0.341. The van der Waals surface area contributed by atoms with Gasteiger partial charge in [-0.2, -0.15) is 0 Å². The van der Waals surface area contributed by atoms with Crippen LogP contribution in [0.5, 0.6) is 0 Å². The molecule has 0 aliphatic heterocycles. The number of benzene rings is 1. The molecule has 1 aliphatic carbocycles. The van der Waals surface area contributed by atoms with Gasteiger partial charge in [-0.3, -0.25) is 9.59 Å². The molecule has 0 bridgehead atoms. The average molecular weight is 275 g/mol. The number of amides is 2. The predicted molar refractivity (Wildman–Crippen MR) is 76.9 cm³/mol. The van der Waals surface area contributed by atoms with Crippen molar-refractivity contribution in [3.05, 3.63) is 35.9 Å². The van der Waals surface area contributed by atoms with Gasteiger partial charge in [0.1, 0.15) is 0 Å². The van der Waals surface area contributed by atoms with E-state index in [2.05, 4.69) is 10.6 Å². The summed E-state index contributed by atoms with van der Waals surface area (Å²) in [5.41, 5.74) is 6.98. The Bertz CT molecular complexity index is 457. The number of hydrogen-bond donors (Lipinski definition) is 3. The van der Waals surface area contributed by atoms with Crippen molar-refractivity contribution in [2.24, 2.45) is 5.73 Å². The Morgan fingerprint density at radius 2 is 1.95 bits per heavy atom. The zero-order valence-electron chi connectivity index (χ0n) is 11.5. The van der Waals surface area contributed by atoms with Crippen LogP contribution in [0.4, 0.5) is 0 Å². The summed E-state index contributed by atoms with van der Waals surface area (Å²) in [5.74, 6) is -0.414. The molecule has 0 saturated heterocycles. The summed E-state index contributed by atoms with van der Waals surface area (Å²) in [7, 11) is 0. The molecule has 20 heavy (non-hydrogen) atoms. The molecular formula is C15H21N3O2. The average Bonchev–Trinajstić information content (AvgIpc) is 3.27. The van der Waals surface area contributed by atoms with Crippen LogP contribution >= 0.6 is 0 Å². The molecule has 4 N–H and O–H groups in total. The summed E-state index contributed by atoms with van der Waals surface area (Å²) >= 11 is 0. The van der Waals surface area contributed by atoms with Crippen molar-refractivity contribution in [2.75, 3.05) is 6.54 Å². The molecule has 5 nitrogen and oxygen atoms in total. The largest absolute Gasteiger partial charge is 0.352 e. The highest BCUT2D eigenvalue weighted by Crippen LogP contribution is 2.18. The lowest BCUT2D eigenvalue weighted by atomic mass is 10.1. The van der Waals surface area contributed by atoms with Crippen molar-refractivity contribution >= 4 is 11.8 Å². The minimum absolute atomic E-state index is 0.00830. The maximum atomic E-state index is 11.8. The van der Waals surface area contributed by atoms with E-state index in [1.807, 2.05) is 30.3 Å². The van der Waals surface area contributed by atoms with E-state index < -0.39 is 6.04 Å². The van der Waals surface area contributed by atoms with Gasteiger partial charge in [-0.25, -0.2) is 0 Å². The van der Waals surface area contributed by atoms with Crippen molar-refractivity contribution in [1.82, 2.24) is 10.6 Å². The molecule has 1 aromatic carbocycles. The zero-order valence-corrected chi connectivity index (χ0v) is 11.5. The first-order valence-electron chi connectivity index (χ1n) is 7.02. The molecule has 1 atom stereocenters. The van der Waals surface area contributed by atoms with Gasteiger partial charge < -0.3 is 16.4 Å². The van der Waals surface area contributed by atoms with E-state index in [1.54, 1.807) is 0 Å². The van der Waals surface area contributed by atoms with Gasteiger partial charge in [0.2, 0.25) is 11.8 Å². The van der Waals surface area contributed by atoms with Crippen molar-refractivity contribution in [3.8, 4) is 0 Å². The van der Waals surface area contributed by atoms with Crippen LogP contribution in [0.2, 0.25) is 0 Å². The Kier molecular flexibility index (Phi) is 5.12. The fourth-order valence-electron chi connectivity index (χ4n) is 1.90. The molecule has 0 spiro atoms. The van der Waals surface area contributed by atoms with Crippen LogP contribution in [0, 0.1) is 0 Å². The fraction of sp³-hybridized carbons (Fsp3) is 0.467. The molecular weight excluding hydrogens is 254 g/mol. The Balaban J connectivity index is 1.64. The summed E-state index contributed by atoms with van der Waals surface area (Å²) in [5, 5.41) is 5.39. The smallest absolute Gasteiger partial charge is 0.239 e. The van der Waals surface area contributed by atoms with Crippen LogP contribution in [0.15, 0.2) is 30.3 Å². The van der Waals surface area contributed by atoms with Crippen molar-refractivity contribution in [3.63, 3.8) is 0 Å². The van der Waals surface area contributed by atoms with Crippen LogP contribution < -0.4 is 16.4 Å². The topological polar surface area (TPSA) is 84.2 Å². The quantitative estimate of drug-likeness (QED) is 0.671. The van der Waals surface area contributed by atoms with Gasteiger partial charge in [0.25, 0.3) is 0 Å². The molecule has 1 aromatic rings. The van der Waals surface area contributed by atoms with Crippen molar-refractivity contribution in [1.29, 1.82) is 0 Å². The van der Waals surface area contributed by atoms with Gasteiger partial charge >= 0.3 is 0 Å². The van der Waals surface area contributed by atoms with E-state index in [4.69, 9.17) is 5.73 Å². The highest BCUT2D eigenvalue weighted by Gasteiger charge is 2.23. The van der Waals surface area contributed by atoms with Crippen LogP contribution in [0.3, 0.4) is 0 Å². The second-order valence-electron chi connectivity index (χ2n) is 5.19. The van der Waals surface area contributed by atoms with E-state index >= 15 is 0 Å². The van der Waals surface area contributed by atoms with Crippen molar-refractivity contribution < 1.29 is 9.59 Å². The van der Waals surface area contributed by atoms with Gasteiger partial charge in [0, 0.05) is 6.04 Å². The second kappa shape index (κ2) is 7.05. The lowest BCUT2D eigenvalue weighted by Crippen LogP contribution is -2.45. The van der Waals surface area contributed by atoms with Gasteiger partial charge in [-0.05, 0) is 31.2 Å². The SMILES string of the molecule is N[C@@H](CCc1ccccc1)C(=O)NCC(=O)NC1CC1. The van der Waals surface area contributed by atoms with E-state index in [-0.39, 0.29) is 18.4 Å². The van der Waals surface area contributed by atoms with Crippen LogP contribution in [-0.4, -0.2) is 30.4 Å². The second-order valence-corrected chi connectivity index (χ2v) is 5.19. The molecule has 1 aliphatic rings. The summed E-state index contributed by atoms with van der Waals surface area (Å²) in [6.45, 7) is 0.00830. The van der Waals surface area contributed by atoms with E-state index in [0.29, 0.717) is 12.5 Å². The summed E-state index contributed by atoms with van der Waals surface area (Å²) in [6.07, 6.45) is 3.40. The first kappa shape index (κ1) is 14.5. The molecule has 108 valence electrons. The monoisotopic (exact) mass is 275 g/mol. The number of carbonyl (C=O) groups excluding carboxylic acids is 2. The molecule has 0 aromatic heterocycles. The maximum absolute atomic E-state index is 11.8. The zero-order chi connectivity index (χ0) is 14.4.